The van der Waals surface area contributed by atoms with Crippen LogP contribution in [0.1, 0.15) is 22.3 Å². The lowest BCUT2D eigenvalue weighted by molar-refractivity contribution is 1.40. The summed E-state index contributed by atoms with van der Waals surface area (Å²) in [6.07, 6.45) is 0. The summed E-state index contributed by atoms with van der Waals surface area (Å²) in [5, 5.41) is 0. The van der Waals surface area contributed by atoms with Crippen molar-refractivity contribution in [3.05, 3.63) is 95.1 Å². The molecule has 0 spiro atoms. The van der Waals surface area contributed by atoms with E-state index < -0.39 is 0 Å². The first kappa shape index (κ1) is 16.0. The Bertz CT molecular complexity index is 657. The van der Waals surface area contributed by atoms with E-state index in [9.17, 15) is 0 Å². The normalized spacial score (nSPS) is 9.82. The summed E-state index contributed by atoms with van der Waals surface area (Å²) in [6.45, 7) is 8.50. The van der Waals surface area contributed by atoms with Crippen LogP contribution in [-0.2, 0) is 0 Å². The van der Waals surface area contributed by atoms with Crippen molar-refractivity contribution in [3.63, 3.8) is 0 Å². The van der Waals surface area contributed by atoms with Crippen LogP contribution in [0.2, 0.25) is 0 Å². The number of aryl methyl sites for hydroxylation is 4. The van der Waals surface area contributed by atoms with Gasteiger partial charge >= 0.3 is 0 Å². The van der Waals surface area contributed by atoms with Gasteiger partial charge in [-0.05, 0) is 49.9 Å². The summed E-state index contributed by atoms with van der Waals surface area (Å²) in [7, 11) is 0. The number of benzene rings is 3. The first-order valence-corrected chi connectivity index (χ1v) is 7.73. The first-order chi connectivity index (χ1) is 10.6. The molecule has 112 valence electrons. The average Bonchev–Trinajstić information content (AvgIpc) is 2.52. The van der Waals surface area contributed by atoms with Crippen LogP contribution in [0.15, 0.2) is 72.8 Å². The van der Waals surface area contributed by atoms with Crippen molar-refractivity contribution in [1.82, 2.24) is 0 Å². The fourth-order valence-corrected chi connectivity index (χ4v) is 2.39. The zero-order valence-electron chi connectivity index (χ0n) is 13.9. The highest BCUT2D eigenvalue weighted by Crippen LogP contribution is 2.25. The molecule has 0 bridgehead atoms. The minimum Gasteiger partial charge on any atom is -0.0620 e. The van der Waals surface area contributed by atoms with Crippen LogP contribution in [0, 0.1) is 27.7 Å². The molecule has 0 saturated heterocycles. The van der Waals surface area contributed by atoms with E-state index in [4.69, 9.17) is 0 Å². The van der Waals surface area contributed by atoms with Crippen molar-refractivity contribution < 1.29 is 0 Å². The molecular weight excluding hydrogens is 264 g/mol. The van der Waals surface area contributed by atoms with Gasteiger partial charge in [-0.25, -0.2) is 0 Å². The van der Waals surface area contributed by atoms with Crippen molar-refractivity contribution in [2.24, 2.45) is 0 Å². The van der Waals surface area contributed by atoms with Gasteiger partial charge in [0.05, 0.1) is 0 Å². The van der Waals surface area contributed by atoms with E-state index in [0.29, 0.717) is 0 Å². The van der Waals surface area contributed by atoms with Gasteiger partial charge in [-0.2, -0.15) is 0 Å². The van der Waals surface area contributed by atoms with Gasteiger partial charge in [0.2, 0.25) is 0 Å². The van der Waals surface area contributed by atoms with Gasteiger partial charge < -0.3 is 0 Å². The highest BCUT2D eigenvalue weighted by Gasteiger charge is 2.02. The Morgan fingerprint density at radius 2 is 0.727 bits per heavy atom. The lowest BCUT2D eigenvalue weighted by Crippen LogP contribution is -1.85. The topological polar surface area (TPSA) is 0 Å². The summed E-state index contributed by atoms with van der Waals surface area (Å²) in [5.74, 6) is 0. The molecule has 0 aliphatic heterocycles. The smallest absolute Gasteiger partial charge is 0.0152 e. The van der Waals surface area contributed by atoms with Gasteiger partial charge in [0.1, 0.15) is 0 Å². The van der Waals surface area contributed by atoms with Gasteiger partial charge in [-0.3, -0.25) is 0 Å². The number of hydrogen-bond donors (Lipinski definition) is 0. The maximum atomic E-state index is 2.18. The van der Waals surface area contributed by atoms with Crippen molar-refractivity contribution in [2.45, 2.75) is 27.7 Å². The average molecular weight is 288 g/mol. The van der Waals surface area contributed by atoms with E-state index in [1.54, 1.807) is 0 Å². The van der Waals surface area contributed by atoms with Crippen LogP contribution >= 0.6 is 0 Å². The Labute approximate surface area is 134 Å². The summed E-state index contributed by atoms with van der Waals surface area (Å²) in [4.78, 5) is 0. The highest BCUT2D eigenvalue weighted by molar-refractivity contribution is 5.70. The van der Waals surface area contributed by atoms with Crippen LogP contribution in [0.4, 0.5) is 0 Å². The summed E-state index contributed by atoms with van der Waals surface area (Å²) in [6, 6.07) is 25.5. The molecule has 0 N–H and O–H groups in total. The van der Waals surface area contributed by atoms with Crippen LogP contribution in [0.25, 0.3) is 11.1 Å². The third-order valence-electron chi connectivity index (χ3n) is 3.80. The Morgan fingerprint density at radius 1 is 0.409 bits per heavy atom. The lowest BCUT2D eigenvalue weighted by Gasteiger charge is -2.08. The molecule has 0 radical (unpaired) electrons. The van der Waals surface area contributed by atoms with Gasteiger partial charge in [0.25, 0.3) is 0 Å². The first-order valence-electron chi connectivity index (χ1n) is 7.73. The molecule has 0 aromatic heterocycles. The maximum absolute atomic E-state index is 2.18. The Hall–Kier alpha value is -2.34. The predicted octanol–water partition coefficient (Wildman–Crippen LogP) is 6.27. The second-order valence-corrected chi connectivity index (χ2v) is 5.78. The molecule has 0 unspecified atom stereocenters. The van der Waals surface area contributed by atoms with Gasteiger partial charge in [0, 0.05) is 0 Å². The third kappa shape index (κ3) is 4.33. The molecule has 3 aromatic carbocycles. The molecule has 0 heterocycles. The van der Waals surface area contributed by atoms with Crippen molar-refractivity contribution in [1.29, 1.82) is 0 Å². The standard InChI is InChI=1S/C14H14.C8H10/c1-11-7-3-5-9-13(11)14-10-6-4-8-12(14)2;1-7-3-5-8(2)6-4-7/h3-10H,1-2H3;3-6H,1-2H3. The third-order valence-corrected chi connectivity index (χ3v) is 3.80. The molecule has 0 amide bonds. The maximum Gasteiger partial charge on any atom is -0.0152 e. The molecule has 0 heteroatoms. The van der Waals surface area contributed by atoms with Crippen molar-refractivity contribution in [2.75, 3.05) is 0 Å². The minimum atomic E-state index is 1.33. The van der Waals surface area contributed by atoms with Gasteiger partial charge in [-0.1, -0.05) is 83.9 Å². The fourth-order valence-electron chi connectivity index (χ4n) is 2.39. The highest BCUT2D eigenvalue weighted by atomic mass is 14.1. The summed E-state index contributed by atoms with van der Waals surface area (Å²) >= 11 is 0. The molecule has 0 saturated carbocycles. The summed E-state index contributed by atoms with van der Waals surface area (Å²) in [5.41, 5.74) is 8.01. The molecule has 3 aromatic rings. The van der Waals surface area contributed by atoms with Crippen LogP contribution < -0.4 is 0 Å². The number of rotatable bonds is 1. The zero-order valence-corrected chi connectivity index (χ0v) is 13.9. The van der Waals surface area contributed by atoms with E-state index in [2.05, 4.69) is 100 Å². The van der Waals surface area contributed by atoms with E-state index >= 15 is 0 Å². The van der Waals surface area contributed by atoms with E-state index in [-0.39, 0.29) is 0 Å². The second kappa shape index (κ2) is 7.61. The van der Waals surface area contributed by atoms with E-state index in [0.717, 1.165) is 0 Å². The molecule has 22 heavy (non-hydrogen) atoms. The quantitative estimate of drug-likeness (QED) is 0.494. The van der Waals surface area contributed by atoms with E-state index in [1.165, 1.54) is 33.4 Å². The zero-order chi connectivity index (χ0) is 15.9. The fraction of sp³-hybridized carbons (Fsp3) is 0.182. The Morgan fingerprint density at radius 3 is 1.05 bits per heavy atom. The minimum absolute atomic E-state index is 1.33. The SMILES string of the molecule is Cc1ccc(C)cc1.Cc1ccccc1-c1ccccc1C. The molecule has 0 nitrogen and oxygen atoms in total. The van der Waals surface area contributed by atoms with E-state index in [1.807, 2.05) is 0 Å². The summed E-state index contributed by atoms with van der Waals surface area (Å²) < 4.78 is 0. The number of hydrogen-bond acceptors (Lipinski definition) is 0. The monoisotopic (exact) mass is 288 g/mol. The van der Waals surface area contributed by atoms with Crippen LogP contribution in [-0.4, -0.2) is 0 Å². The van der Waals surface area contributed by atoms with Crippen LogP contribution in [0.5, 0.6) is 0 Å². The van der Waals surface area contributed by atoms with Crippen molar-refractivity contribution in [3.8, 4) is 11.1 Å². The predicted molar refractivity (Wildman–Crippen MR) is 97.3 cm³/mol. The second-order valence-electron chi connectivity index (χ2n) is 5.78. The molecular formula is C22H24. The molecule has 3 rings (SSSR count). The molecule has 0 atom stereocenters. The largest absolute Gasteiger partial charge is 0.0620 e. The lowest BCUT2D eigenvalue weighted by atomic mass is 9.97. The van der Waals surface area contributed by atoms with Crippen LogP contribution in [0.3, 0.4) is 0 Å². The van der Waals surface area contributed by atoms with Crippen molar-refractivity contribution >= 4 is 0 Å². The Balaban J connectivity index is 0.000000188. The molecule has 0 fully saturated rings. The van der Waals surface area contributed by atoms with Gasteiger partial charge in [0.15, 0.2) is 0 Å². The molecule has 0 aliphatic rings. The Kier molecular flexibility index (Phi) is 5.55. The molecule has 0 aliphatic carbocycles. The van der Waals surface area contributed by atoms with Gasteiger partial charge in [-0.15, -0.1) is 0 Å².